The number of aliphatic carboxylic acids is 2. The maximum Gasteiger partial charge on any atom is 0.309 e. The smallest absolute Gasteiger partial charge is 0.309 e. The number of hydrogen-bond donors (Lipinski definition) is 12. The number of carbonyl (C=O) groups excluding carboxylic acids is 10. The molecule has 8 amide bonds. The summed E-state index contributed by atoms with van der Waals surface area (Å²) >= 11 is 0. The number of nitrogens with two attached hydrogens (primary N) is 2. The van der Waals surface area contributed by atoms with Crippen LogP contribution in [-0.2, 0) is 90.7 Å². The van der Waals surface area contributed by atoms with Crippen molar-refractivity contribution < 1.29 is 111 Å². The number of aliphatic hydroxyl groups is 2. The van der Waals surface area contributed by atoms with Crippen LogP contribution in [0.1, 0.15) is 429 Å². The van der Waals surface area contributed by atoms with Crippen LogP contribution in [0, 0.1) is 11.8 Å². The average molecular weight is 1840 g/mol. The van der Waals surface area contributed by atoms with Gasteiger partial charge in [0.1, 0.15) is 98.3 Å². The van der Waals surface area contributed by atoms with Gasteiger partial charge in [-0.2, -0.15) is 0 Å². The number of aliphatic hydroxyl groups excluding tert-OH is 2. The molecule has 2 rings (SSSR count). The minimum Gasteiger partial charge on any atom is -0.481 e. The van der Waals surface area contributed by atoms with Crippen molar-refractivity contribution in [2.75, 3.05) is 13.2 Å². The molecule has 0 aromatic heterocycles. The lowest BCUT2D eigenvalue weighted by Crippen LogP contribution is -2.70. The number of carboxylic acids is 2. The van der Waals surface area contributed by atoms with Gasteiger partial charge in [0, 0.05) is 26.7 Å². The third kappa shape index (κ3) is 55.0. The Morgan fingerprint density at radius 3 is 0.783 bits per heavy atom. The summed E-state index contributed by atoms with van der Waals surface area (Å²) in [6, 6.07) is -9.10. The highest BCUT2D eigenvalue weighted by Gasteiger charge is 2.54. The fourth-order valence-corrected chi connectivity index (χ4v) is 16.9. The zero-order valence-electron chi connectivity index (χ0n) is 81.1. The molecule has 0 aromatic rings. The maximum absolute atomic E-state index is 14.8. The second kappa shape index (κ2) is 73.8. The Morgan fingerprint density at radius 1 is 0.333 bits per heavy atom. The van der Waals surface area contributed by atoms with Crippen molar-refractivity contribution in [2.45, 2.75) is 526 Å². The Kier molecular flexibility index (Phi) is 67.7. The quantitative estimate of drug-likeness (QED) is 0.0199. The van der Waals surface area contributed by atoms with Gasteiger partial charge in [-0.1, -0.05) is 336 Å². The fraction of sp³-hybridized carbons (Fsp3) is 0.878. The molecule has 0 radical (unpaired) electrons. The Hall–Kier alpha value is -6.64. The number of amides is 8. The van der Waals surface area contributed by atoms with Crippen molar-refractivity contribution >= 4 is 71.1 Å². The number of carbonyl (C=O) groups is 12. The molecule has 2 saturated heterocycles. The zero-order valence-corrected chi connectivity index (χ0v) is 81.1. The van der Waals surface area contributed by atoms with Crippen LogP contribution in [0.3, 0.4) is 0 Å². The summed E-state index contributed by atoms with van der Waals surface area (Å²) in [5.41, 5.74) is 11.0. The van der Waals surface area contributed by atoms with Gasteiger partial charge in [-0.05, 0) is 66.2 Å². The van der Waals surface area contributed by atoms with E-state index in [0.717, 1.165) is 142 Å². The molecule has 0 aliphatic carbocycles. The van der Waals surface area contributed by atoms with E-state index >= 15 is 0 Å². The topological polar surface area (TPSA) is 475 Å². The summed E-state index contributed by atoms with van der Waals surface area (Å²) in [6.45, 7) is 14.9. The Morgan fingerprint density at radius 2 is 0.566 bits per heavy atom. The fourth-order valence-electron chi connectivity index (χ4n) is 16.9. The molecule has 2 heterocycles. The number of unbranched alkanes of at least 4 members (excludes halogenated alkanes) is 44. The standard InChI is InChI=1S/C98H178N8O23/c1-11-15-19-23-27-31-35-39-43-47-51-55-59-75(60-56-52-48-44-40-36-32-28-24-20-16-12-2)95(121)123-67-79-85(113)87(125-71(7)93(119)101-69(5)91(117)105-77(89(99)115)63-65-81(109)110)83(103-73(9)107)97(127-79)129-98-84(104-74(10)108)88(126-72(8)94(120)102-70(6)92(118)106-78(90(100)116)64-66-82(111)112)86(114)80(128-98)68-124-96(122)76(61-57-53-49-45-41-37-33-29-25-21-17-13-3)62-58-54-50-46-42-38-34-30-26-22-18-14-4/h69-72,75-80,83-88,97-98,113-114H,11-68H2,1-10H3,(H2,99,115)(H2,100,116)(H,101,119)(H,102,120)(H,103,107)(H,104,108)(H,105,117)(H,106,118)(H,109,110)(H,111,112). The lowest BCUT2D eigenvalue weighted by molar-refractivity contribution is -0.353. The van der Waals surface area contributed by atoms with Crippen molar-refractivity contribution in [3.8, 4) is 0 Å². The molecule has 0 bridgehead atoms. The molecule has 0 saturated carbocycles. The van der Waals surface area contributed by atoms with Gasteiger partial charge >= 0.3 is 23.9 Å². The normalized spacial score (nSPS) is 20.0. The summed E-state index contributed by atoms with van der Waals surface area (Å²) in [5, 5.41) is 59.3. The monoisotopic (exact) mass is 1840 g/mol. The molecule has 0 aromatic carbocycles. The molecule has 16 atom stereocenters. The van der Waals surface area contributed by atoms with E-state index in [9.17, 15) is 78.0 Å². The molecule has 16 unspecified atom stereocenters. The van der Waals surface area contributed by atoms with Gasteiger partial charge in [-0.25, -0.2) is 0 Å². The summed E-state index contributed by atoms with van der Waals surface area (Å²) in [7, 11) is 0. The lowest BCUT2D eigenvalue weighted by Gasteiger charge is -2.49. The minimum atomic E-state index is -1.93. The van der Waals surface area contributed by atoms with E-state index in [1.54, 1.807) is 0 Å². The summed E-state index contributed by atoms with van der Waals surface area (Å²) in [5.74, 6) is -12.2. The van der Waals surface area contributed by atoms with Crippen LogP contribution in [-0.4, -0.2) is 202 Å². The highest BCUT2D eigenvalue weighted by Crippen LogP contribution is 2.34. The van der Waals surface area contributed by atoms with E-state index in [1.807, 2.05) is 0 Å². The van der Waals surface area contributed by atoms with Crippen molar-refractivity contribution in [3.63, 3.8) is 0 Å². The molecule has 2 fully saturated rings. The largest absolute Gasteiger partial charge is 0.481 e. The molecule has 748 valence electrons. The number of ether oxygens (including phenoxy) is 7. The van der Waals surface area contributed by atoms with Crippen molar-refractivity contribution in [1.29, 1.82) is 0 Å². The van der Waals surface area contributed by atoms with E-state index in [2.05, 4.69) is 59.6 Å². The van der Waals surface area contributed by atoms with Crippen LogP contribution >= 0.6 is 0 Å². The van der Waals surface area contributed by atoms with Crippen LogP contribution in [0.5, 0.6) is 0 Å². The minimum absolute atomic E-state index is 0.360. The molecule has 31 nitrogen and oxygen atoms in total. The third-order valence-corrected chi connectivity index (χ3v) is 25.0. The Labute approximate surface area is 773 Å². The average Bonchev–Trinajstić information content (AvgIpc) is 0.769. The van der Waals surface area contributed by atoms with Gasteiger partial charge in [0.15, 0.2) is 12.6 Å². The first-order chi connectivity index (χ1) is 61.9. The number of primary amides is 2. The second-order valence-electron chi connectivity index (χ2n) is 36.8. The third-order valence-electron chi connectivity index (χ3n) is 25.0. The Balaban J connectivity index is 2.88. The maximum atomic E-state index is 14.8. The number of esters is 2. The summed E-state index contributed by atoms with van der Waals surface area (Å²) in [6.07, 6.45) is 36.4. The highest BCUT2D eigenvalue weighted by atomic mass is 16.8. The van der Waals surface area contributed by atoms with Crippen LogP contribution in [0.2, 0.25) is 0 Å². The van der Waals surface area contributed by atoms with Crippen LogP contribution in [0.15, 0.2) is 0 Å². The van der Waals surface area contributed by atoms with Gasteiger partial charge in [0.25, 0.3) is 0 Å². The van der Waals surface area contributed by atoms with Crippen molar-refractivity contribution in [3.05, 3.63) is 0 Å². The first-order valence-electron chi connectivity index (χ1n) is 50.7. The predicted molar refractivity (Wildman–Crippen MR) is 497 cm³/mol. The molecule has 31 heteroatoms. The van der Waals surface area contributed by atoms with Crippen LogP contribution < -0.4 is 43.4 Å². The Bertz CT molecular complexity index is 2830. The number of carboxylic acid groups (broad SMARTS) is 2. The number of hydrogen-bond acceptors (Lipinski definition) is 21. The van der Waals surface area contributed by atoms with Gasteiger partial charge in [-0.3, -0.25) is 57.5 Å². The van der Waals surface area contributed by atoms with Gasteiger partial charge < -0.3 is 97.0 Å². The molecule has 129 heavy (non-hydrogen) atoms. The SMILES string of the molecule is CCCCCCCCCCCCCCC(CCCCCCCCCCCCCC)C(=O)OCC1OC(OC2OC(COC(=O)C(CCCCCCCCCCCCCC)CCCCCCCCCCCCCC)C(O)C(OC(C)C(=O)NC(C)C(=O)NC(CCC(=O)O)C(N)=O)C2NC(C)=O)C(NC(C)=O)C(OC(C)C(=O)NC(C)C(=O)NC(CCC(=O)O)C(N)=O)C1O. The van der Waals surface area contributed by atoms with E-state index in [1.165, 1.54) is 207 Å². The van der Waals surface area contributed by atoms with Crippen molar-refractivity contribution in [2.24, 2.45) is 23.3 Å². The highest BCUT2D eigenvalue weighted by molar-refractivity contribution is 5.93. The number of rotatable bonds is 82. The molecule has 2 aliphatic rings. The van der Waals surface area contributed by atoms with Gasteiger partial charge in [0.05, 0.1) is 11.8 Å². The van der Waals surface area contributed by atoms with Gasteiger partial charge in [-0.15, -0.1) is 0 Å². The molecule has 0 spiro atoms. The molecular weight excluding hydrogens is 1660 g/mol. The molecule has 14 N–H and O–H groups in total. The molecular formula is C98H178N8O23. The number of nitrogens with one attached hydrogen (secondary N) is 6. The second-order valence-corrected chi connectivity index (χ2v) is 36.8. The van der Waals surface area contributed by atoms with Crippen LogP contribution in [0.25, 0.3) is 0 Å². The lowest BCUT2D eigenvalue weighted by atomic mass is 9.93. The molecule has 2 aliphatic heterocycles. The predicted octanol–water partition coefficient (Wildman–Crippen LogP) is 15.1. The zero-order chi connectivity index (χ0) is 95.5. The first kappa shape index (κ1) is 118. The van der Waals surface area contributed by atoms with Crippen LogP contribution in [0.4, 0.5) is 0 Å². The summed E-state index contributed by atoms with van der Waals surface area (Å²) < 4.78 is 45.6. The van der Waals surface area contributed by atoms with Crippen molar-refractivity contribution in [1.82, 2.24) is 31.9 Å². The van der Waals surface area contributed by atoms with E-state index in [4.69, 9.17) is 44.6 Å². The summed E-state index contributed by atoms with van der Waals surface area (Å²) in [4.78, 5) is 161. The van der Waals surface area contributed by atoms with E-state index < -0.39 is 207 Å². The van der Waals surface area contributed by atoms with E-state index in [-0.39, 0.29) is 12.8 Å². The first-order valence-corrected chi connectivity index (χ1v) is 50.7. The van der Waals surface area contributed by atoms with Gasteiger partial charge in [0.2, 0.25) is 47.3 Å². The van der Waals surface area contributed by atoms with E-state index in [0.29, 0.717) is 25.7 Å².